The maximum absolute atomic E-state index is 10.7. The minimum absolute atomic E-state index is 0.127. The SMILES string of the molecule is CCNCC1CCN(c2ccc([N+](=O)[O-])cc2Br)CC1. The summed E-state index contributed by atoms with van der Waals surface area (Å²) in [4.78, 5) is 12.7. The van der Waals surface area contributed by atoms with E-state index in [9.17, 15) is 10.1 Å². The van der Waals surface area contributed by atoms with E-state index in [1.54, 1.807) is 12.1 Å². The minimum atomic E-state index is -0.364. The van der Waals surface area contributed by atoms with Crippen molar-refractivity contribution in [1.82, 2.24) is 5.32 Å². The third-order valence-electron chi connectivity index (χ3n) is 3.78. The molecule has 0 unspecified atom stereocenters. The number of anilines is 1. The summed E-state index contributed by atoms with van der Waals surface area (Å²) in [5.41, 5.74) is 1.18. The van der Waals surface area contributed by atoms with E-state index in [1.165, 1.54) is 0 Å². The van der Waals surface area contributed by atoms with E-state index >= 15 is 0 Å². The Balaban J connectivity index is 1.98. The molecule has 1 aromatic carbocycles. The van der Waals surface area contributed by atoms with Gasteiger partial charge in [-0.05, 0) is 53.8 Å². The molecule has 1 fully saturated rings. The van der Waals surface area contributed by atoms with E-state index in [2.05, 4.69) is 33.1 Å². The molecule has 110 valence electrons. The van der Waals surface area contributed by atoms with Gasteiger partial charge in [0, 0.05) is 29.7 Å². The van der Waals surface area contributed by atoms with Crippen LogP contribution < -0.4 is 10.2 Å². The van der Waals surface area contributed by atoms with Gasteiger partial charge in [0.05, 0.1) is 10.6 Å². The quantitative estimate of drug-likeness (QED) is 0.660. The standard InChI is InChI=1S/C14H20BrN3O2/c1-2-16-10-11-5-7-17(8-6-11)14-4-3-12(18(19)20)9-13(14)15/h3-4,9,11,16H,2,5-8,10H2,1H3. The first-order valence-corrected chi connectivity index (χ1v) is 7.80. The number of nitro benzene ring substituents is 1. The normalized spacial score (nSPS) is 16.4. The minimum Gasteiger partial charge on any atom is -0.371 e. The highest BCUT2D eigenvalue weighted by atomic mass is 79.9. The second kappa shape index (κ2) is 7.04. The molecule has 1 aliphatic heterocycles. The Hall–Kier alpha value is -1.14. The van der Waals surface area contributed by atoms with Crippen molar-refractivity contribution in [2.75, 3.05) is 31.1 Å². The fourth-order valence-corrected chi connectivity index (χ4v) is 3.21. The fraction of sp³-hybridized carbons (Fsp3) is 0.571. The van der Waals surface area contributed by atoms with Crippen LogP contribution in [0.1, 0.15) is 19.8 Å². The van der Waals surface area contributed by atoms with Crippen molar-refractivity contribution in [3.8, 4) is 0 Å². The number of nitro groups is 1. The smallest absolute Gasteiger partial charge is 0.270 e. The van der Waals surface area contributed by atoms with Crippen LogP contribution in [-0.4, -0.2) is 31.1 Å². The Morgan fingerprint density at radius 2 is 2.15 bits per heavy atom. The monoisotopic (exact) mass is 341 g/mol. The first-order valence-electron chi connectivity index (χ1n) is 7.01. The van der Waals surface area contributed by atoms with Crippen LogP contribution in [0.4, 0.5) is 11.4 Å². The molecule has 6 heteroatoms. The molecule has 0 atom stereocenters. The molecule has 20 heavy (non-hydrogen) atoms. The summed E-state index contributed by atoms with van der Waals surface area (Å²) in [6.45, 7) is 6.25. The molecule has 0 saturated carbocycles. The van der Waals surface area contributed by atoms with Gasteiger partial charge >= 0.3 is 0 Å². The van der Waals surface area contributed by atoms with Crippen LogP contribution >= 0.6 is 15.9 Å². The number of hydrogen-bond donors (Lipinski definition) is 1. The number of non-ortho nitro benzene ring substituents is 1. The molecule has 1 aliphatic rings. The number of hydrogen-bond acceptors (Lipinski definition) is 4. The molecule has 0 aromatic heterocycles. The summed E-state index contributed by atoms with van der Waals surface area (Å²) in [5.74, 6) is 0.739. The van der Waals surface area contributed by atoms with Crippen molar-refractivity contribution >= 4 is 27.3 Å². The van der Waals surface area contributed by atoms with Gasteiger partial charge < -0.3 is 10.2 Å². The Morgan fingerprint density at radius 3 is 2.70 bits per heavy atom. The highest BCUT2D eigenvalue weighted by Crippen LogP contribution is 2.32. The molecule has 0 amide bonds. The van der Waals surface area contributed by atoms with E-state index in [1.807, 2.05) is 6.07 Å². The lowest BCUT2D eigenvalue weighted by Gasteiger charge is -2.34. The Morgan fingerprint density at radius 1 is 1.45 bits per heavy atom. The highest BCUT2D eigenvalue weighted by Gasteiger charge is 2.21. The number of halogens is 1. The maximum atomic E-state index is 10.7. The van der Waals surface area contributed by atoms with Crippen LogP contribution in [0.3, 0.4) is 0 Å². The molecular formula is C14H20BrN3O2. The number of rotatable bonds is 5. The third-order valence-corrected chi connectivity index (χ3v) is 4.42. The fourth-order valence-electron chi connectivity index (χ4n) is 2.59. The summed E-state index contributed by atoms with van der Waals surface area (Å²) in [6, 6.07) is 5.00. The van der Waals surface area contributed by atoms with Crippen LogP contribution in [0.15, 0.2) is 22.7 Å². The van der Waals surface area contributed by atoms with Crippen LogP contribution in [0.25, 0.3) is 0 Å². The van der Waals surface area contributed by atoms with Crippen molar-refractivity contribution < 1.29 is 4.92 Å². The maximum Gasteiger partial charge on any atom is 0.270 e. The topological polar surface area (TPSA) is 58.4 Å². The zero-order valence-electron chi connectivity index (χ0n) is 11.6. The summed E-state index contributed by atoms with van der Waals surface area (Å²) >= 11 is 3.45. The van der Waals surface area contributed by atoms with E-state index in [4.69, 9.17) is 0 Å². The predicted molar refractivity (Wildman–Crippen MR) is 84.3 cm³/mol. The number of benzene rings is 1. The summed E-state index contributed by atoms with van der Waals surface area (Å²) in [6.07, 6.45) is 2.33. The molecule has 1 saturated heterocycles. The number of nitrogens with one attached hydrogen (secondary N) is 1. The number of nitrogens with zero attached hydrogens (tertiary/aromatic N) is 2. The lowest BCUT2D eigenvalue weighted by atomic mass is 9.96. The molecule has 2 rings (SSSR count). The molecule has 1 N–H and O–H groups in total. The van der Waals surface area contributed by atoms with Gasteiger partial charge in [-0.3, -0.25) is 10.1 Å². The lowest BCUT2D eigenvalue weighted by Crippen LogP contribution is -2.37. The zero-order valence-corrected chi connectivity index (χ0v) is 13.2. The van der Waals surface area contributed by atoms with Crippen molar-refractivity contribution in [2.45, 2.75) is 19.8 Å². The largest absolute Gasteiger partial charge is 0.371 e. The van der Waals surface area contributed by atoms with Crippen LogP contribution in [0.2, 0.25) is 0 Å². The molecule has 0 radical (unpaired) electrons. The summed E-state index contributed by atoms with van der Waals surface area (Å²) in [5, 5.41) is 14.1. The Bertz CT molecular complexity index is 473. The third kappa shape index (κ3) is 3.70. The first kappa shape index (κ1) is 15.3. The van der Waals surface area contributed by atoms with Gasteiger partial charge in [0.15, 0.2) is 0 Å². The summed E-state index contributed by atoms with van der Waals surface area (Å²) < 4.78 is 0.803. The number of piperidine rings is 1. The van der Waals surface area contributed by atoms with Crippen molar-refractivity contribution in [3.63, 3.8) is 0 Å². The van der Waals surface area contributed by atoms with Gasteiger partial charge in [-0.25, -0.2) is 0 Å². The van der Waals surface area contributed by atoms with Gasteiger partial charge in [0.25, 0.3) is 5.69 Å². The van der Waals surface area contributed by atoms with E-state index in [0.29, 0.717) is 0 Å². The van der Waals surface area contributed by atoms with E-state index in [0.717, 1.165) is 55.1 Å². The lowest BCUT2D eigenvalue weighted by molar-refractivity contribution is -0.384. The second-order valence-electron chi connectivity index (χ2n) is 5.13. The zero-order chi connectivity index (χ0) is 14.5. The Labute approximate surface area is 127 Å². The Kier molecular flexibility index (Phi) is 5.37. The average molecular weight is 342 g/mol. The second-order valence-corrected chi connectivity index (χ2v) is 5.99. The van der Waals surface area contributed by atoms with Crippen molar-refractivity contribution in [1.29, 1.82) is 0 Å². The summed E-state index contributed by atoms with van der Waals surface area (Å²) in [7, 11) is 0. The van der Waals surface area contributed by atoms with Crippen LogP contribution in [0.5, 0.6) is 0 Å². The van der Waals surface area contributed by atoms with Gasteiger partial charge in [-0.1, -0.05) is 6.92 Å². The van der Waals surface area contributed by atoms with E-state index < -0.39 is 0 Å². The molecule has 1 heterocycles. The highest BCUT2D eigenvalue weighted by molar-refractivity contribution is 9.10. The van der Waals surface area contributed by atoms with E-state index in [-0.39, 0.29) is 10.6 Å². The average Bonchev–Trinajstić information content (AvgIpc) is 2.45. The first-order chi connectivity index (χ1) is 9.61. The van der Waals surface area contributed by atoms with Gasteiger partial charge in [-0.2, -0.15) is 0 Å². The predicted octanol–water partition coefficient (Wildman–Crippen LogP) is 3.18. The molecular weight excluding hydrogens is 322 g/mol. The van der Waals surface area contributed by atoms with Gasteiger partial charge in [0.1, 0.15) is 0 Å². The van der Waals surface area contributed by atoms with Crippen LogP contribution in [-0.2, 0) is 0 Å². The molecule has 0 bridgehead atoms. The molecule has 0 aliphatic carbocycles. The van der Waals surface area contributed by atoms with Gasteiger partial charge in [-0.15, -0.1) is 0 Å². The molecule has 1 aromatic rings. The van der Waals surface area contributed by atoms with Gasteiger partial charge in [0.2, 0.25) is 0 Å². The molecule has 0 spiro atoms. The van der Waals surface area contributed by atoms with Crippen LogP contribution in [0, 0.1) is 16.0 Å². The van der Waals surface area contributed by atoms with Crippen molar-refractivity contribution in [2.24, 2.45) is 5.92 Å². The van der Waals surface area contributed by atoms with Crippen molar-refractivity contribution in [3.05, 3.63) is 32.8 Å². The molecule has 5 nitrogen and oxygen atoms in total.